The zero-order valence-electron chi connectivity index (χ0n) is 16.6. The summed E-state index contributed by atoms with van der Waals surface area (Å²) in [5.74, 6) is -0.777. The van der Waals surface area contributed by atoms with Gasteiger partial charge in [0.25, 0.3) is 5.91 Å². The maximum atomic E-state index is 13.4. The topological polar surface area (TPSA) is 65.2 Å². The van der Waals surface area contributed by atoms with E-state index >= 15 is 0 Å². The van der Waals surface area contributed by atoms with Crippen LogP contribution in [0, 0.1) is 5.82 Å². The van der Waals surface area contributed by atoms with Gasteiger partial charge in [-0.3, -0.25) is 9.59 Å². The Morgan fingerprint density at radius 3 is 2.52 bits per heavy atom. The molecular weight excluding hydrogens is 393 g/mol. The summed E-state index contributed by atoms with van der Waals surface area (Å²) >= 11 is 0. The molecule has 5 nitrogen and oxygen atoms in total. The highest BCUT2D eigenvalue weighted by Gasteiger charge is 2.39. The number of amides is 2. The summed E-state index contributed by atoms with van der Waals surface area (Å²) in [5, 5.41) is 3.71. The van der Waals surface area contributed by atoms with Crippen LogP contribution in [0.1, 0.15) is 33.1 Å². The fourth-order valence-electron chi connectivity index (χ4n) is 4.16. The summed E-state index contributed by atoms with van der Waals surface area (Å²) in [7, 11) is 0. The summed E-state index contributed by atoms with van der Waals surface area (Å²) in [6.07, 6.45) is 1.81. The van der Waals surface area contributed by atoms with Crippen LogP contribution in [0.15, 0.2) is 79.0 Å². The van der Waals surface area contributed by atoms with Gasteiger partial charge < -0.3 is 15.2 Å². The van der Waals surface area contributed by atoms with Gasteiger partial charge in [-0.2, -0.15) is 0 Å². The molecule has 2 N–H and O–H groups in total. The van der Waals surface area contributed by atoms with Gasteiger partial charge in [-0.25, -0.2) is 4.39 Å². The molecule has 1 aromatic heterocycles. The summed E-state index contributed by atoms with van der Waals surface area (Å²) in [4.78, 5) is 31.6. The number of nitrogens with one attached hydrogen (secondary N) is 2. The van der Waals surface area contributed by atoms with E-state index in [1.165, 1.54) is 12.1 Å². The molecule has 0 bridgehead atoms. The molecule has 3 aromatic carbocycles. The fourth-order valence-corrected chi connectivity index (χ4v) is 4.16. The van der Waals surface area contributed by atoms with E-state index in [-0.39, 0.29) is 24.2 Å². The highest BCUT2D eigenvalue weighted by Crippen LogP contribution is 2.38. The van der Waals surface area contributed by atoms with Crippen LogP contribution in [-0.4, -0.2) is 21.7 Å². The van der Waals surface area contributed by atoms with Crippen molar-refractivity contribution in [3.05, 3.63) is 107 Å². The molecule has 1 atom stereocenters. The molecule has 0 spiro atoms. The van der Waals surface area contributed by atoms with E-state index in [0.29, 0.717) is 12.1 Å². The van der Waals surface area contributed by atoms with Crippen LogP contribution in [0.2, 0.25) is 0 Å². The number of nitrogens with zero attached hydrogens (tertiary/aromatic N) is 1. The first-order valence-corrected chi connectivity index (χ1v) is 10.1. The van der Waals surface area contributed by atoms with Crippen LogP contribution in [-0.2, 0) is 17.9 Å². The molecule has 1 aliphatic rings. The minimum atomic E-state index is -0.767. The van der Waals surface area contributed by atoms with Crippen molar-refractivity contribution >= 4 is 22.7 Å². The molecular formula is C25H20FN3O2. The van der Waals surface area contributed by atoms with Gasteiger partial charge in [-0.05, 0) is 35.4 Å². The minimum Gasteiger partial charge on any atom is -0.361 e. The molecule has 1 aliphatic heterocycles. The van der Waals surface area contributed by atoms with Gasteiger partial charge in [0.15, 0.2) is 0 Å². The molecule has 1 unspecified atom stereocenters. The lowest BCUT2D eigenvalue weighted by molar-refractivity contribution is -0.126. The lowest BCUT2D eigenvalue weighted by Gasteiger charge is -2.34. The van der Waals surface area contributed by atoms with Gasteiger partial charge in [0.05, 0.1) is 0 Å². The number of carbonyl (C=O) groups is 2. The number of aromatic nitrogens is 1. The number of H-pyrrole nitrogens is 1. The molecule has 0 saturated carbocycles. The zero-order chi connectivity index (χ0) is 21.4. The molecule has 31 heavy (non-hydrogen) atoms. The predicted octanol–water partition coefficient (Wildman–Crippen LogP) is 4.32. The summed E-state index contributed by atoms with van der Waals surface area (Å²) in [5.41, 5.74) is 3.92. The van der Waals surface area contributed by atoms with E-state index < -0.39 is 6.04 Å². The second-order valence-electron chi connectivity index (χ2n) is 7.64. The summed E-state index contributed by atoms with van der Waals surface area (Å²) < 4.78 is 13.2. The standard InChI is InChI=1S/C25H20FN3O2/c26-18-11-9-16(10-12-18)13-28-24(30)23-20-14-27-21-8-4-7-19(22(20)21)25(31)29(23)15-17-5-2-1-3-6-17/h1-12,14,23,27H,13,15H2,(H,28,30). The summed E-state index contributed by atoms with van der Waals surface area (Å²) in [6.45, 7) is 0.563. The van der Waals surface area contributed by atoms with E-state index in [2.05, 4.69) is 10.3 Å². The van der Waals surface area contributed by atoms with Gasteiger partial charge in [-0.15, -0.1) is 0 Å². The van der Waals surface area contributed by atoms with Crippen LogP contribution >= 0.6 is 0 Å². The average Bonchev–Trinajstić information content (AvgIpc) is 3.22. The second kappa shape index (κ2) is 7.72. The van der Waals surface area contributed by atoms with Crippen molar-refractivity contribution in [3.8, 4) is 0 Å². The number of carbonyl (C=O) groups excluding carboxylic acids is 2. The van der Waals surface area contributed by atoms with Gasteiger partial charge in [0, 0.05) is 41.3 Å². The van der Waals surface area contributed by atoms with E-state index in [4.69, 9.17) is 0 Å². The zero-order valence-corrected chi connectivity index (χ0v) is 16.6. The molecule has 0 saturated heterocycles. The van der Waals surface area contributed by atoms with Crippen molar-refractivity contribution in [2.24, 2.45) is 0 Å². The van der Waals surface area contributed by atoms with E-state index in [9.17, 15) is 14.0 Å². The van der Waals surface area contributed by atoms with Crippen molar-refractivity contribution in [3.63, 3.8) is 0 Å². The van der Waals surface area contributed by atoms with Crippen LogP contribution in [0.25, 0.3) is 10.9 Å². The lowest BCUT2D eigenvalue weighted by Crippen LogP contribution is -2.45. The summed E-state index contributed by atoms with van der Waals surface area (Å²) in [6, 6.07) is 20.4. The smallest absolute Gasteiger partial charge is 0.255 e. The fraction of sp³-hybridized carbons (Fsp3) is 0.120. The third-order valence-corrected chi connectivity index (χ3v) is 5.66. The average molecular weight is 413 g/mol. The Morgan fingerprint density at radius 1 is 0.968 bits per heavy atom. The Kier molecular flexibility index (Phi) is 4.75. The van der Waals surface area contributed by atoms with Crippen LogP contribution in [0.5, 0.6) is 0 Å². The van der Waals surface area contributed by atoms with Crippen molar-refractivity contribution in [2.75, 3.05) is 0 Å². The highest BCUT2D eigenvalue weighted by atomic mass is 19.1. The maximum absolute atomic E-state index is 13.4. The minimum absolute atomic E-state index is 0.177. The number of hydrogen-bond donors (Lipinski definition) is 2. The Labute approximate surface area is 178 Å². The quantitative estimate of drug-likeness (QED) is 0.512. The van der Waals surface area contributed by atoms with Crippen LogP contribution in [0.4, 0.5) is 4.39 Å². The molecule has 0 aliphatic carbocycles. The third kappa shape index (κ3) is 3.46. The molecule has 0 radical (unpaired) electrons. The Morgan fingerprint density at radius 2 is 1.74 bits per heavy atom. The third-order valence-electron chi connectivity index (χ3n) is 5.66. The Bertz CT molecular complexity index is 1270. The molecule has 2 heterocycles. The molecule has 0 fully saturated rings. The van der Waals surface area contributed by atoms with Crippen molar-refractivity contribution < 1.29 is 14.0 Å². The van der Waals surface area contributed by atoms with Crippen molar-refractivity contribution in [2.45, 2.75) is 19.1 Å². The van der Waals surface area contributed by atoms with Gasteiger partial charge in [0.2, 0.25) is 5.91 Å². The normalized spacial score (nSPS) is 15.3. The van der Waals surface area contributed by atoms with Crippen LogP contribution < -0.4 is 5.32 Å². The lowest BCUT2D eigenvalue weighted by atomic mass is 9.93. The van der Waals surface area contributed by atoms with Crippen molar-refractivity contribution in [1.82, 2.24) is 15.2 Å². The molecule has 154 valence electrons. The number of benzene rings is 3. The number of rotatable bonds is 5. The monoisotopic (exact) mass is 413 g/mol. The predicted molar refractivity (Wildman–Crippen MR) is 116 cm³/mol. The van der Waals surface area contributed by atoms with Crippen molar-refractivity contribution in [1.29, 1.82) is 0 Å². The van der Waals surface area contributed by atoms with E-state index in [0.717, 1.165) is 27.6 Å². The first-order valence-electron chi connectivity index (χ1n) is 10.1. The maximum Gasteiger partial charge on any atom is 0.255 e. The van der Waals surface area contributed by atoms with E-state index in [1.807, 2.05) is 42.5 Å². The van der Waals surface area contributed by atoms with Gasteiger partial charge in [0.1, 0.15) is 11.9 Å². The number of halogens is 1. The molecule has 4 aromatic rings. The SMILES string of the molecule is O=C(NCc1ccc(F)cc1)C1c2c[nH]c3cccc(c23)C(=O)N1Cc1ccccc1. The van der Waals surface area contributed by atoms with Crippen LogP contribution in [0.3, 0.4) is 0 Å². The number of hydrogen-bond acceptors (Lipinski definition) is 2. The highest BCUT2D eigenvalue weighted by molar-refractivity contribution is 6.12. The Balaban J connectivity index is 1.50. The molecule has 2 amide bonds. The largest absolute Gasteiger partial charge is 0.361 e. The number of aromatic amines is 1. The second-order valence-corrected chi connectivity index (χ2v) is 7.64. The van der Waals surface area contributed by atoms with E-state index in [1.54, 1.807) is 29.3 Å². The first kappa shape index (κ1) is 19.1. The first-order chi connectivity index (χ1) is 15.1. The molecule has 5 rings (SSSR count). The Hall–Kier alpha value is -3.93. The van der Waals surface area contributed by atoms with Gasteiger partial charge >= 0.3 is 0 Å². The molecule has 6 heteroatoms. The van der Waals surface area contributed by atoms with Gasteiger partial charge in [-0.1, -0.05) is 48.5 Å².